The minimum Gasteiger partial charge on any atom is -0.399 e. The number of carbonyl (C=O) groups is 1. The number of anilines is 2. The number of nitrogens with zero attached hydrogens (tertiary/aromatic N) is 1. The molecule has 2 aromatic rings. The van der Waals surface area contributed by atoms with Gasteiger partial charge in [-0.2, -0.15) is 0 Å². The van der Waals surface area contributed by atoms with E-state index in [4.69, 9.17) is 5.73 Å². The third-order valence-electron chi connectivity index (χ3n) is 3.20. The summed E-state index contributed by atoms with van der Waals surface area (Å²) in [7, 11) is 0. The average molecular weight is 272 g/mol. The van der Waals surface area contributed by atoms with Gasteiger partial charge in [0.25, 0.3) is 5.91 Å². The molecule has 0 atom stereocenters. The Morgan fingerprint density at radius 1 is 1.20 bits per heavy atom. The maximum absolute atomic E-state index is 13.3. The molecule has 0 bridgehead atoms. The lowest BCUT2D eigenvalue weighted by molar-refractivity contribution is 0.0987. The fourth-order valence-corrected chi connectivity index (χ4v) is 2.07. The van der Waals surface area contributed by atoms with E-state index in [9.17, 15) is 9.18 Å². The highest BCUT2D eigenvalue weighted by Crippen LogP contribution is 2.20. The van der Waals surface area contributed by atoms with Crippen molar-refractivity contribution in [2.45, 2.75) is 13.8 Å². The van der Waals surface area contributed by atoms with Crippen LogP contribution in [0, 0.1) is 12.7 Å². The summed E-state index contributed by atoms with van der Waals surface area (Å²) in [4.78, 5) is 14.2. The van der Waals surface area contributed by atoms with Gasteiger partial charge in [0.15, 0.2) is 0 Å². The molecule has 3 nitrogen and oxygen atoms in total. The molecule has 0 heterocycles. The Kier molecular flexibility index (Phi) is 4.03. The summed E-state index contributed by atoms with van der Waals surface area (Å²) in [6, 6.07) is 11.3. The predicted octanol–water partition coefficient (Wildman–Crippen LogP) is 3.38. The fourth-order valence-electron chi connectivity index (χ4n) is 2.07. The Labute approximate surface area is 117 Å². The van der Waals surface area contributed by atoms with Crippen molar-refractivity contribution in [1.82, 2.24) is 0 Å². The zero-order valence-electron chi connectivity index (χ0n) is 11.6. The van der Waals surface area contributed by atoms with Crippen LogP contribution < -0.4 is 10.6 Å². The molecule has 20 heavy (non-hydrogen) atoms. The summed E-state index contributed by atoms with van der Waals surface area (Å²) in [5, 5.41) is 0. The molecule has 0 aliphatic carbocycles. The second-order valence-corrected chi connectivity index (χ2v) is 4.60. The molecule has 0 aromatic heterocycles. The van der Waals surface area contributed by atoms with E-state index in [0.717, 1.165) is 11.3 Å². The second kappa shape index (κ2) is 5.74. The van der Waals surface area contributed by atoms with Crippen molar-refractivity contribution in [3.63, 3.8) is 0 Å². The number of carbonyl (C=O) groups excluding carboxylic acids is 1. The number of hydrogen-bond donors (Lipinski definition) is 1. The van der Waals surface area contributed by atoms with Gasteiger partial charge in [-0.1, -0.05) is 6.07 Å². The number of benzene rings is 2. The largest absolute Gasteiger partial charge is 0.399 e. The topological polar surface area (TPSA) is 46.3 Å². The zero-order chi connectivity index (χ0) is 14.7. The SMILES string of the molecule is CCN(C(=O)c1cc(F)ccc1C)c1ccc(N)cc1. The maximum Gasteiger partial charge on any atom is 0.258 e. The number of hydrogen-bond acceptors (Lipinski definition) is 2. The van der Waals surface area contributed by atoms with E-state index in [1.165, 1.54) is 12.1 Å². The summed E-state index contributed by atoms with van der Waals surface area (Å²) in [6.45, 7) is 4.17. The normalized spacial score (nSPS) is 10.3. The number of halogens is 1. The first kappa shape index (κ1) is 14.1. The van der Waals surface area contributed by atoms with E-state index >= 15 is 0 Å². The van der Waals surface area contributed by atoms with Crippen LogP contribution in [0.15, 0.2) is 42.5 Å². The minimum atomic E-state index is -0.410. The number of rotatable bonds is 3. The molecule has 0 unspecified atom stereocenters. The quantitative estimate of drug-likeness (QED) is 0.871. The van der Waals surface area contributed by atoms with Crippen LogP contribution in [0.3, 0.4) is 0 Å². The molecule has 2 N–H and O–H groups in total. The van der Waals surface area contributed by atoms with Gasteiger partial charge in [-0.3, -0.25) is 4.79 Å². The monoisotopic (exact) mass is 272 g/mol. The lowest BCUT2D eigenvalue weighted by atomic mass is 10.1. The first-order valence-corrected chi connectivity index (χ1v) is 6.46. The summed E-state index contributed by atoms with van der Waals surface area (Å²) < 4.78 is 13.3. The number of nitrogen functional groups attached to an aromatic ring is 1. The van der Waals surface area contributed by atoms with E-state index in [1.54, 1.807) is 42.2 Å². The highest BCUT2D eigenvalue weighted by molar-refractivity contribution is 6.07. The first-order valence-electron chi connectivity index (χ1n) is 6.46. The Morgan fingerprint density at radius 2 is 1.85 bits per heavy atom. The van der Waals surface area contributed by atoms with Crippen LogP contribution in [0.2, 0.25) is 0 Å². The molecule has 0 aliphatic rings. The van der Waals surface area contributed by atoms with Crippen molar-refractivity contribution in [2.24, 2.45) is 0 Å². The van der Waals surface area contributed by atoms with E-state index in [-0.39, 0.29) is 5.91 Å². The van der Waals surface area contributed by atoms with Crippen molar-refractivity contribution in [2.75, 3.05) is 17.2 Å². The van der Waals surface area contributed by atoms with Crippen LogP contribution in [0.5, 0.6) is 0 Å². The average Bonchev–Trinajstić information content (AvgIpc) is 2.44. The van der Waals surface area contributed by atoms with Crippen molar-refractivity contribution in [3.05, 3.63) is 59.4 Å². The zero-order valence-corrected chi connectivity index (χ0v) is 11.6. The van der Waals surface area contributed by atoms with Gasteiger partial charge in [0.2, 0.25) is 0 Å². The standard InChI is InChI=1S/C16H17FN2O/c1-3-19(14-8-6-13(18)7-9-14)16(20)15-10-12(17)5-4-11(15)2/h4-10H,3,18H2,1-2H3. The smallest absolute Gasteiger partial charge is 0.258 e. The number of nitrogens with two attached hydrogens (primary N) is 1. The molecule has 2 rings (SSSR count). The van der Waals surface area contributed by atoms with Gasteiger partial charge >= 0.3 is 0 Å². The molecule has 0 saturated heterocycles. The Bertz CT molecular complexity index is 623. The van der Waals surface area contributed by atoms with Gasteiger partial charge in [-0.25, -0.2) is 4.39 Å². The molecular weight excluding hydrogens is 255 g/mol. The summed E-state index contributed by atoms with van der Waals surface area (Å²) in [6.07, 6.45) is 0. The van der Waals surface area contributed by atoms with E-state index in [0.29, 0.717) is 17.8 Å². The summed E-state index contributed by atoms with van der Waals surface area (Å²) in [5.41, 5.74) is 8.16. The number of amides is 1. The van der Waals surface area contributed by atoms with Crippen LogP contribution in [0.1, 0.15) is 22.8 Å². The highest BCUT2D eigenvalue weighted by Gasteiger charge is 2.18. The van der Waals surface area contributed by atoms with Crippen molar-refractivity contribution in [1.29, 1.82) is 0 Å². The van der Waals surface area contributed by atoms with E-state index in [2.05, 4.69) is 0 Å². The van der Waals surface area contributed by atoms with Crippen LogP contribution in [-0.2, 0) is 0 Å². The Morgan fingerprint density at radius 3 is 2.45 bits per heavy atom. The predicted molar refractivity (Wildman–Crippen MR) is 79.3 cm³/mol. The highest BCUT2D eigenvalue weighted by atomic mass is 19.1. The first-order chi connectivity index (χ1) is 9.52. The molecule has 0 spiro atoms. The van der Waals surface area contributed by atoms with Crippen LogP contribution >= 0.6 is 0 Å². The van der Waals surface area contributed by atoms with Crippen LogP contribution in [0.25, 0.3) is 0 Å². The van der Waals surface area contributed by atoms with Crippen molar-refractivity contribution >= 4 is 17.3 Å². The molecule has 0 radical (unpaired) electrons. The summed E-state index contributed by atoms with van der Waals surface area (Å²) in [5.74, 6) is -0.624. The molecule has 1 amide bonds. The second-order valence-electron chi connectivity index (χ2n) is 4.60. The fraction of sp³-hybridized carbons (Fsp3) is 0.188. The van der Waals surface area contributed by atoms with Gasteiger partial charge in [-0.15, -0.1) is 0 Å². The van der Waals surface area contributed by atoms with Crippen LogP contribution in [0.4, 0.5) is 15.8 Å². The minimum absolute atomic E-state index is 0.214. The molecule has 2 aromatic carbocycles. The third-order valence-corrected chi connectivity index (χ3v) is 3.20. The van der Waals surface area contributed by atoms with Gasteiger partial charge in [-0.05, 0) is 55.8 Å². The van der Waals surface area contributed by atoms with Crippen molar-refractivity contribution < 1.29 is 9.18 Å². The van der Waals surface area contributed by atoms with Gasteiger partial charge in [0, 0.05) is 23.5 Å². The van der Waals surface area contributed by atoms with E-state index < -0.39 is 5.82 Å². The molecule has 0 aliphatic heterocycles. The lowest BCUT2D eigenvalue weighted by Gasteiger charge is -2.22. The summed E-state index contributed by atoms with van der Waals surface area (Å²) >= 11 is 0. The van der Waals surface area contributed by atoms with Gasteiger partial charge in [0.05, 0.1) is 0 Å². The Balaban J connectivity index is 2.38. The van der Waals surface area contributed by atoms with Gasteiger partial charge < -0.3 is 10.6 Å². The van der Waals surface area contributed by atoms with Gasteiger partial charge in [0.1, 0.15) is 5.82 Å². The Hall–Kier alpha value is -2.36. The molecular formula is C16H17FN2O. The lowest BCUT2D eigenvalue weighted by Crippen LogP contribution is -2.31. The molecule has 0 saturated carbocycles. The van der Waals surface area contributed by atoms with E-state index in [1.807, 2.05) is 6.92 Å². The van der Waals surface area contributed by atoms with Crippen LogP contribution in [-0.4, -0.2) is 12.5 Å². The van der Waals surface area contributed by atoms with Crippen molar-refractivity contribution in [3.8, 4) is 0 Å². The number of aryl methyl sites for hydroxylation is 1. The molecule has 104 valence electrons. The molecule has 4 heteroatoms. The maximum atomic E-state index is 13.3. The third kappa shape index (κ3) is 2.79. The molecule has 0 fully saturated rings.